The lowest BCUT2D eigenvalue weighted by atomic mass is 10.1. The summed E-state index contributed by atoms with van der Waals surface area (Å²) < 4.78 is 14.3. The molecule has 0 unspecified atom stereocenters. The van der Waals surface area contributed by atoms with E-state index in [1.165, 1.54) is 0 Å². The van der Waals surface area contributed by atoms with Gasteiger partial charge in [0, 0.05) is 13.8 Å². The lowest BCUT2D eigenvalue weighted by Gasteiger charge is -2.36. The first-order valence-electron chi connectivity index (χ1n) is 4.74. The molecule has 4 atom stereocenters. The van der Waals surface area contributed by atoms with Gasteiger partial charge in [-0.15, -0.1) is 0 Å². The van der Waals surface area contributed by atoms with Crippen molar-refractivity contribution < 1.29 is 34.0 Å². The summed E-state index contributed by atoms with van der Waals surface area (Å²) in [6, 6.07) is 0. The molecule has 0 amide bonds. The molecule has 0 aromatic heterocycles. The zero-order valence-corrected chi connectivity index (χ0v) is 8.95. The third kappa shape index (κ3) is 3.16. The molecule has 1 fully saturated rings. The molecule has 7 heteroatoms. The molecule has 1 saturated heterocycles. The lowest BCUT2D eigenvalue weighted by Crippen LogP contribution is -2.56. The van der Waals surface area contributed by atoms with E-state index < -0.39 is 36.5 Å². The van der Waals surface area contributed by atoms with E-state index in [9.17, 15) is 19.8 Å². The fourth-order valence-corrected chi connectivity index (χ4v) is 1.42. The zero-order chi connectivity index (χ0) is 12.3. The van der Waals surface area contributed by atoms with Crippen LogP contribution in [0.15, 0.2) is 0 Å². The maximum absolute atomic E-state index is 10.8. The molecule has 0 aromatic carbocycles. The number of carbonyl (C=O) groups is 2. The van der Waals surface area contributed by atoms with E-state index in [0.717, 1.165) is 13.8 Å². The zero-order valence-electron chi connectivity index (χ0n) is 8.95. The van der Waals surface area contributed by atoms with Crippen LogP contribution in [0.1, 0.15) is 13.8 Å². The van der Waals surface area contributed by atoms with Crippen LogP contribution in [0.5, 0.6) is 0 Å². The van der Waals surface area contributed by atoms with Crippen molar-refractivity contribution in [3.05, 3.63) is 0 Å². The van der Waals surface area contributed by atoms with E-state index in [0.29, 0.717) is 0 Å². The van der Waals surface area contributed by atoms with Crippen LogP contribution in [0.25, 0.3) is 0 Å². The highest BCUT2D eigenvalue weighted by Crippen LogP contribution is 2.20. The molecular weight excluding hydrogens is 220 g/mol. The number of aliphatic hydroxyl groups excluding tert-OH is 2. The molecule has 16 heavy (non-hydrogen) atoms. The van der Waals surface area contributed by atoms with E-state index in [1.54, 1.807) is 0 Å². The fourth-order valence-electron chi connectivity index (χ4n) is 1.42. The fraction of sp³-hybridized carbons (Fsp3) is 0.778. The van der Waals surface area contributed by atoms with Gasteiger partial charge in [-0.3, -0.25) is 9.59 Å². The monoisotopic (exact) mass is 234 g/mol. The van der Waals surface area contributed by atoms with Crippen molar-refractivity contribution in [3.8, 4) is 0 Å². The third-order valence-electron chi connectivity index (χ3n) is 2.03. The predicted octanol–water partition coefficient (Wildman–Crippen LogP) is -1.44. The standard InChI is InChI=1S/C9H14O7/c1-4(10)15-7-6(12)3-14-9(13)8(7)16-5(2)11/h6-9,12-13H,3H2,1-2H3/t6-,7+,8-,9-/m0/s1. The molecule has 0 aliphatic carbocycles. The maximum atomic E-state index is 10.8. The number of esters is 2. The second kappa shape index (κ2) is 5.24. The van der Waals surface area contributed by atoms with Gasteiger partial charge >= 0.3 is 11.9 Å². The highest BCUT2D eigenvalue weighted by atomic mass is 16.7. The Bertz CT molecular complexity index is 249. The maximum Gasteiger partial charge on any atom is 0.303 e. The van der Waals surface area contributed by atoms with Crippen LogP contribution in [0.3, 0.4) is 0 Å². The number of rotatable bonds is 2. The number of ether oxygens (including phenoxy) is 3. The largest absolute Gasteiger partial charge is 0.455 e. The molecule has 2 N–H and O–H groups in total. The Morgan fingerprint density at radius 2 is 1.62 bits per heavy atom. The molecule has 7 nitrogen and oxygen atoms in total. The summed E-state index contributed by atoms with van der Waals surface area (Å²) in [7, 11) is 0. The van der Waals surface area contributed by atoms with Crippen molar-refractivity contribution in [2.45, 2.75) is 38.4 Å². The summed E-state index contributed by atoms with van der Waals surface area (Å²) in [5.74, 6) is -1.31. The minimum Gasteiger partial charge on any atom is -0.455 e. The summed E-state index contributed by atoms with van der Waals surface area (Å²) in [5.41, 5.74) is 0. The van der Waals surface area contributed by atoms with Gasteiger partial charge in [0.05, 0.1) is 6.61 Å². The molecule has 1 rings (SSSR count). The van der Waals surface area contributed by atoms with Gasteiger partial charge in [0.25, 0.3) is 0 Å². The second-order valence-corrected chi connectivity index (χ2v) is 3.44. The van der Waals surface area contributed by atoms with Crippen molar-refractivity contribution in [2.75, 3.05) is 6.61 Å². The summed E-state index contributed by atoms with van der Waals surface area (Å²) in [6.07, 6.45) is -4.90. The SMILES string of the molecule is CC(=O)O[C@H]1[C@H](OC(C)=O)[C@@H](O)OC[C@@H]1O. The Labute approximate surface area is 91.9 Å². The molecule has 92 valence electrons. The van der Waals surface area contributed by atoms with Crippen molar-refractivity contribution in [2.24, 2.45) is 0 Å². The molecule has 1 aliphatic rings. The van der Waals surface area contributed by atoms with Crippen LogP contribution in [0.4, 0.5) is 0 Å². The number of hydrogen-bond donors (Lipinski definition) is 2. The summed E-state index contributed by atoms with van der Waals surface area (Å²) in [6.45, 7) is 2.09. The molecule has 1 aliphatic heterocycles. The molecule has 0 aromatic rings. The quantitative estimate of drug-likeness (QED) is 0.564. The number of hydrogen-bond acceptors (Lipinski definition) is 7. The van der Waals surface area contributed by atoms with E-state index >= 15 is 0 Å². The molecular formula is C9H14O7. The number of aliphatic hydroxyl groups is 2. The summed E-state index contributed by atoms with van der Waals surface area (Å²) >= 11 is 0. The molecule has 0 radical (unpaired) electrons. The highest BCUT2D eigenvalue weighted by Gasteiger charge is 2.43. The van der Waals surface area contributed by atoms with E-state index in [1.807, 2.05) is 0 Å². The Morgan fingerprint density at radius 1 is 1.12 bits per heavy atom. The first kappa shape index (κ1) is 12.9. The molecule has 1 heterocycles. The first-order chi connectivity index (χ1) is 7.41. The third-order valence-corrected chi connectivity index (χ3v) is 2.03. The minimum absolute atomic E-state index is 0.198. The molecule has 0 bridgehead atoms. The highest BCUT2D eigenvalue weighted by molar-refractivity contribution is 5.67. The summed E-state index contributed by atoms with van der Waals surface area (Å²) in [4.78, 5) is 21.6. The van der Waals surface area contributed by atoms with Crippen molar-refractivity contribution in [3.63, 3.8) is 0 Å². The predicted molar refractivity (Wildman–Crippen MR) is 49.1 cm³/mol. The van der Waals surface area contributed by atoms with Gasteiger partial charge in [0.1, 0.15) is 6.10 Å². The van der Waals surface area contributed by atoms with Gasteiger partial charge in [-0.05, 0) is 0 Å². The van der Waals surface area contributed by atoms with Gasteiger partial charge in [0.15, 0.2) is 18.5 Å². The van der Waals surface area contributed by atoms with Gasteiger partial charge in [-0.2, -0.15) is 0 Å². The van der Waals surface area contributed by atoms with Gasteiger partial charge in [0.2, 0.25) is 0 Å². The van der Waals surface area contributed by atoms with Crippen molar-refractivity contribution in [1.29, 1.82) is 0 Å². The Kier molecular flexibility index (Phi) is 4.22. The number of carbonyl (C=O) groups excluding carboxylic acids is 2. The van der Waals surface area contributed by atoms with E-state index in [-0.39, 0.29) is 6.61 Å². The molecule has 0 spiro atoms. The van der Waals surface area contributed by atoms with E-state index in [2.05, 4.69) is 0 Å². The van der Waals surface area contributed by atoms with E-state index in [4.69, 9.17) is 14.2 Å². The van der Waals surface area contributed by atoms with Crippen LogP contribution >= 0.6 is 0 Å². The van der Waals surface area contributed by atoms with Gasteiger partial charge < -0.3 is 24.4 Å². The normalized spacial score (nSPS) is 34.2. The molecule has 0 saturated carbocycles. The lowest BCUT2D eigenvalue weighted by molar-refractivity contribution is -0.264. The Hall–Kier alpha value is -1.18. The van der Waals surface area contributed by atoms with Crippen molar-refractivity contribution in [1.82, 2.24) is 0 Å². The van der Waals surface area contributed by atoms with Crippen LogP contribution in [-0.4, -0.2) is 53.4 Å². The van der Waals surface area contributed by atoms with Crippen LogP contribution in [0.2, 0.25) is 0 Å². The Morgan fingerprint density at radius 3 is 2.12 bits per heavy atom. The van der Waals surface area contributed by atoms with Crippen molar-refractivity contribution >= 4 is 11.9 Å². The minimum atomic E-state index is -1.42. The summed E-state index contributed by atoms with van der Waals surface area (Å²) in [5, 5.41) is 18.9. The topological polar surface area (TPSA) is 102 Å². The average Bonchev–Trinajstić information content (AvgIpc) is 2.16. The Balaban J connectivity index is 2.76. The smallest absolute Gasteiger partial charge is 0.303 e. The average molecular weight is 234 g/mol. The van der Waals surface area contributed by atoms with Gasteiger partial charge in [-0.25, -0.2) is 0 Å². The van der Waals surface area contributed by atoms with Gasteiger partial charge in [-0.1, -0.05) is 0 Å². The second-order valence-electron chi connectivity index (χ2n) is 3.44. The first-order valence-corrected chi connectivity index (χ1v) is 4.74. The van der Waals surface area contributed by atoms with Crippen LogP contribution in [0, 0.1) is 0 Å². The van der Waals surface area contributed by atoms with Crippen LogP contribution < -0.4 is 0 Å². The van der Waals surface area contributed by atoms with Crippen LogP contribution in [-0.2, 0) is 23.8 Å².